The van der Waals surface area contributed by atoms with Gasteiger partial charge in [0.1, 0.15) is 0 Å². The van der Waals surface area contributed by atoms with Gasteiger partial charge in [0.05, 0.1) is 18.2 Å². The van der Waals surface area contributed by atoms with Crippen LogP contribution < -0.4 is 14.5 Å². The zero-order valence-electron chi connectivity index (χ0n) is 55.6. The number of para-hydroxylation sites is 5. The zero-order valence-corrected chi connectivity index (χ0v) is 52.9. The Kier molecular flexibility index (Phi) is 12.3. The predicted octanol–water partition coefficient (Wildman–Crippen LogP) is 21.5. The van der Waals surface area contributed by atoms with Crippen LogP contribution >= 0.6 is 0 Å². The van der Waals surface area contributed by atoms with Crippen molar-refractivity contribution in [2.24, 2.45) is 0 Å². The fourth-order valence-corrected chi connectivity index (χ4v) is 14.6. The molecule has 6 nitrogen and oxygen atoms in total. The number of hydrogen-bond acceptors (Lipinski definition) is 4. The van der Waals surface area contributed by atoms with E-state index in [-0.39, 0.29) is 28.5 Å². The van der Waals surface area contributed by atoms with Crippen molar-refractivity contribution in [2.75, 3.05) is 9.80 Å². The molecule has 2 aliphatic heterocycles. The molecule has 0 atom stereocenters. The van der Waals surface area contributed by atoms with Crippen molar-refractivity contribution < 1.29 is 30.9 Å². The maximum absolute atomic E-state index is 9.02. The van der Waals surface area contributed by atoms with Gasteiger partial charge in [0.15, 0.2) is 0 Å². The van der Waals surface area contributed by atoms with Crippen LogP contribution in [0.15, 0.2) is 279 Å². The number of pyridine rings is 1. The summed E-state index contributed by atoms with van der Waals surface area (Å²) in [5.41, 5.74) is 20.1. The maximum atomic E-state index is 9.02. The van der Waals surface area contributed by atoms with Crippen molar-refractivity contribution in [3.8, 4) is 56.3 Å². The quantitative estimate of drug-likeness (QED) is 0.144. The molecule has 2 aromatic heterocycles. The molecule has 0 N–H and O–H groups in total. The van der Waals surface area contributed by atoms with Crippen LogP contribution in [0.4, 0.5) is 34.3 Å². The van der Waals surface area contributed by atoms with E-state index in [0.717, 1.165) is 99.2 Å². The monoisotopic (exact) mass is 1340 g/mol. The topological polar surface area (TPSA) is 38.5 Å². The summed E-state index contributed by atoms with van der Waals surface area (Å²) in [6, 6.07) is 84.9. The molecule has 1 spiro atoms. The van der Waals surface area contributed by atoms with Gasteiger partial charge in [-0.1, -0.05) is 132 Å². The molecule has 4 heterocycles. The van der Waals surface area contributed by atoms with Crippen molar-refractivity contribution in [3.63, 3.8) is 0 Å². The van der Waals surface area contributed by atoms with Crippen LogP contribution in [-0.2, 0) is 35.6 Å². The molecule has 0 unspecified atom stereocenters. The Morgan fingerprint density at radius 2 is 0.955 bits per heavy atom. The third-order valence-corrected chi connectivity index (χ3v) is 18.7. The first-order chi connectivity index (χ1) is 45.3. The molecule has 2 aliphatic rings. The van der Waals surface area contributed by atoms with Gasteiger partial charge < -0.3 is 4.90 Å². The molecular weight excluding hydrogens is 1270 g/mol. The first-order valence-electron chi connectivity index (χ1n) is 32.8. The predicted molar refractivity (Wildman–Crippen MR) is 363 cm³/mol. The fourth-order valence-electron chi connectivity index (χ4n) is 13.5. The van der Waals surface area contributed by atoms with E-state index in [2.05, 4.69) is 310 Å². The smallest absolute Gasteiger partial charge is 0.0616 e. The summed E-state index contributed by atoms with van der Waals surface area (Å²) in [6.45, 7) is 15.6. The van der Waals surface area contributed by atoms with E-state index in [4.69, 9.17) is 16.6 Å². The first kappa shape index (κ1) is 50.2. The van der Waals surface area contributed by atoms with Crippen LogP contribution in [-0.4, -0.2) is 14.1 Å². The molecule has 0 amide bonds. The number of aromatic nitrogens is 3. The summed E-state index contributed by atoms with van der Waals surface area (Å²) >= 11 is 2.49. The molecular formula is C82H67N5OPt. The van der Waals surface area contributed by atoms with Crippen LogP contribution in [0.25, 0.3) is 55.8 Å². The number of aryl methyl sites for hydroxylation is 1. The van der Waals surface area contributed by atoms with Gasteiger partial charge >= 0.3 is 306 Å². The Hall–Kier alpha value is -9.87. The van der Waals surface area contributed by atoms with E-state index in [0.29, 0.717) is 28.4 Å². The van der Waals surface area contributed by atoms with Gasteiger partial charge in [0.2, 0.25) is 0 Å². The number of anilines is 6. The van der Waals surface area contributed by atoms with E-state index in [1.807, 2.05) is 19.1 Å². The fraction of sp³-hybridized carbons (Fsp3) is 0.122. The molecule has 0 radical (unpaired) electrons. The molecule has 89 heavy (non-hydrogen) atoms. The van der Waals surface area contributed by atoms with Crippen molar-refractivity contribution >= 4 is 45.3 Å². The molecule has 0 aliphatic carbocycles. The van der Waals surface area contributed by atoms with E-state index in [9.17, 15) is 0 Å². The average Bonchev–Trinajstić information content (AvgIpc) is 0.774. The second-order valence-corrected chi connectivity index (χ2v) is 26.2. The van der Waals surface area contributed by atoms with Crippen LogP contribution in [0.5, 0.6) is 11.5 Å². The van der Waals surface area contributed by atoms with Gasteiger partial charge in [-0.2, -0.15) is 0 Å². The third kappa shape index (κ3) is 9.34. The number of imidazole rings is 1. The van der Waals surface area contributed by atoms with Crippen LogP contribution in [0, 0.1) is 10.7 Å². The first-order valence-corrected chi connectivity index (χ1v) is 31.4. The molecule has 15 rings (SSSR count). The van der Waals surface area contributed by atoms with E-state index >= 15 is 0 Å². The number of fused-ring (bicyclic) bond motifs is 9. The Morgan fingerprint density at radius 1 is 0.427 bits per heavy atom. The van der Waals surface area contributed by atoms with E-state index < -0.39 is 23.5 Å². The third-order valence-electron chi connectivity index (χ3n) is 17.7. The van der Waals surface area contributed by atoms with Gasteiger partial charge in [0.25, 0.3) is 0 Å². The molecule has 436 valence electrons. The summed E-state index contributed by atoms with van der Waals surface area (Å²) < 4.78 is 56.7. The number of hydrogen-bond donors (Lipinski definition) is 0. The van der Waals surface area contributed by atoms with Crippen LogP contribution in [0.3, 0.4) is 0 Å². The van der Waals surface area contributed by atoms with Crippen molar-refractivity contribution in [2.45, 2.75) is 64.7 Å². The van der Waals surface area contributed by atoms with Crippen LogP contribution in [0.2, 0.25) is 0 Å². The minimum atomic E-state index is -0.942. The molecule has 11 aromatic carbocycles. The number of ether oxygens (including phenoxy) is 1. The molecule has 0 fully saturated rings. The zero-order chi connectivity index (χ0) is 65.1. The van der Waals surface area contributed by atoms with Gasteiger partial charge in [-0.3, -0.25) is 0 Å². The van der Waals surface area contributed by atoms with Gasteiger partial charge in [-0.25, -0.2) is 0 Å². The molecule has 7 heteroatoms. The second-order valence-electron chi connectivity index (χ2n) is 25.2. The summed E-state index contributed by atoms with van der Waals surface area (Å²) in [5.74, 6) is 1.82. The summed E-state index contributed by atoms with van der Waals surface area (Å²) in [4.78, 5) is 9.91. The van der Waals surface area contributed by atoms with Gasteiger partial charge in [0, 0.05) is 17.4 Å². The number of benzene rings is 11. The Bertz CT molecular complexity index is 5110. The normalized spacial score (nSPS) is 14.0. The Labute approximate surface area is 539 Å². The van der Waals surface area contributed by atoms with E-state index in [1.165, 1.54) is 11.1 Å². The summed E-state index contributed by atoms with van der Waals surface area (Å²) in [7, 11) is 0. The Morgan fingerprint density at radius 3 is 1.57 bits per heavy atom. The Balaban J connectivity index is 0.958. The second kappa shape index (κ2) is 21.8. The summed E-state index contributed by atoms with van der Waals surface area (Å²) in [5, 5.41) is 0. The number of nitrogens with zero attached hydrogens (tertiary/aromatic N) is 5. The minimum Gasteiger partial charge on any atom is -0.0616 e. The minimum absolute atomic E-state index is 0.105. The number of rotatable bonds is 9. The molecule has 0 saturated heterocycles. The van der Waals surface area contributed by atoms with Crippen molar-refractivity contribution in [1.29, 1.82) is 0 Å². The van der Waals surface area contributed by atoms with Crippen molar-refractivity contribution in [1.82, 2.24) is 14.1 Å². The molecule has 0 saturated carbocycles. The molecule has 0 bridgehead atoms. The van der Waals surface area contributed by atoms with E-state index in [1.54, 1.807) is 6.20 Å². The summed E-state index contributed by atoms with van der Waals surface area (Å²) in [6.07, 6.45) is 1.66. The van der Waals surface area contributed by atoms with Crippen LogP contribution in [0.1, 0.15) is 87.3 Å². The molecule has 13 aromatic rings. The van der Waals surface area contributed by atoms with Crippen molar-refractivity contribution in [3.05, 3.63) is 322 Å². The van der Waals surface area contributed by atoms with Gasteiger partial charge in [-0.05, 0) is 64.3 Å². The SMILES string of the molecule is [2H]c1c([2H])c([2H])c(-c2cnc(N3c4ccccc4C4(c5cc(C(C)(C)C)ccc5N(c5ccccc5)c5ccc(C(C)(C)C)cc54)c4ccc(Oc5cccc(-n6[c](=[Pt])n(-c7c(-c8ccccc8)cccc7-c7ccccc7)c7ccccc76)c5)cc43)cc2C)c([2H])c1[2H]. The van der Waals surface area contributed by atoms with Gasteiger partial charge in [-0.15, -0.1) is 0 Å². The average molecular weight is 1340 g/mol. The standard InChI is InChI=1S/C82H67N5O.Pt/c1-55-48-78(83-53-67(55)58-30-16-10-17-31-58)87-72-39-21-20-38-68(72)82(70-49-59(80(2,3)4)42-46-73(70)86(61-32-18-11-19-33-61)74-47-43-60(50-71(74)82)81(5,6)7)69-45-44-64(52-77(69)87)88-63-35-24-34-62(51-63)84-54-85(76-41-23-22-40-75(76)84)79-65(56-26-12-8-13-27-56)36-25-37-66(79)57-28-14-9-15-29-57;/h8-53H,1-7H3;/i10D,16D,17D,30D,31D;.